The normalized spacial score (nSPS) is 15.1. The highest BCUT2D eigenvalue weighted by Gasteiger charge is 2.28. The van der Waals surface area contributed by atoms with Crippen LogP contribution in [0.15, 0.2) is 279 Å². The SMILES string of the molecule is CC(CN(C)C)CN1c2ccccc2CCc2ccccc21.CN(C)CCC=C1c2ccccc2CCc2ccccc21.CN(C)CCCn1c2c(c3ccccc31)CCCCC2.CNCCC=C1c2ccccc2CCc2ccccc21.CNCCCC1c2ccccc2C=Cc2ccccc21.OCCN1CCN(CCCC2c3ccccc3C=Cc3ccccc32)CC1. The summed E-state index contributed by atoms with van der Waals surface area (Å²) in [6, 6.07) is 97.5. The summed E-state index contributed by atoms with van der Waals surface area (Å²) in [5.41, 5.74) is 36.1. The number of aliphatic hydroxyl groups excluding tert-OH is 1. The molecule has 1 fully saturated rings. The van der Waals surface area contributed by atoms with E-state index in [4.69, 9.17) is 5.11 Å². The first-order valence-electron chi connectivity index (χ1n) is 49.1. The van der Waals surface area contributed by atoms with E-state index in [0.29, 0.717) is 17.8 Å². The topological polar surface area (TPSA) is 68.7 Å². The van der Waals surface area contributed by atoms with Crippen molar-refractivity contribution in [3.63, 3.8) is 0 Å². The maximum atomic E-state index is 9.09. The summed E-state index contributed by atoms with van der Waals surface area (Å²) in [6.45, 7) is 16.7. The van der Waals surface area contributed by atoms with Crippen molar-refractivity contribution in [2.75, 3.05) is 146 Å². The average molecular weight is 1730 g/mol. The largest absolute Gasteiger partial charge is 0.395 e. The van der Waals surface area contributed by atoms with Gasteiger partial charge in [-0.05, 0) is 333 Å². The van der Waals surface area contributed by atoms with Gasteiger partial charge in [0.1, 0.15) is 0 Å². The zero-order chi connectivity index (χ0) is 90.2. The fourth-order valence-corrected chi connectivity index (χ4v) is 20.8. The molecule has 7 aliphatic rings. The highest BCUT2D eigenvalue weighted by Crippen LogP contribution is 2.43. The van der Waals surface area contributed by atoms with Gasteiger partial charge in [0.25, 0.3) is 0 Å². The minimum Gasteiger partial charge on any atom is -0.395 e. The van der Waals surface area contributed by atoms with Gasteiger partial charge < -0.3 is 44.8 Å². The second kappa shape index (κ2) is 49.6. The van der Waals surface area contributed by atoms with Gasteiger partial charge >= 0.3 is 0 Å². The molecule has 3 N–H and O–H groups in total. The number of fused-ring (bicyclic) bond motifs is 13. The number of hydrogen-bond acceptors (Lipinski definition) is 9. The molecule has 130 heavy (non-hydrogen) atoms. The Morgan fingerprint density at radius 1 is 0.377 bits per heavy atom. The van der Waals surface area contributed by atoms with Crippen LogP contribution in [0.1, 0.15) is 194 Å². The molecule has 1 aromatic heterocycles. The fourth-order valence-electron chi connectivity index (χ4n) is 20.8. The first kappa shape index (κ1) is 95.5. The van der Waals surface area contributed by atoms with E-state index in [0.717, 1.165) is 123 Å². The lowest BCUT2D eigenvalue weighted by Crippen LogP contribution is -2.47. The third kappa shape index (κ3) is 25.8. The van der Waals surface area contributed by atoms with E-state index in [2.05, 4.69) is 397 Å². The number of para-hydroxylation sites is 3. The molecule has 1 saturated heterocycles. The Balaban J connectivity index is 0.000000126. The lowest BCUT2D eigenvalue weighted by Gasteiger charge is -2.34. The van der Waals surface area contributed by atoms with Crippen LogP contribution >= 0.6 is 0 Å². The van der Waals surface area contributed by atoms with Gasteiger partial charge in [0.2, 0.25) is 0 Å². The number of aromatic nitrogens is 1. The van der Waals surface area contributed by atoms with E-state index in [-0.39, 0.29) is 6.61 Å². The number of hydrogen-bond donors (Lipinski definition) is 3. The molecule has 678 valence electrons. The van der Waals surface area contributed by atoms with Crippen LogP contribution in [0.4, 0.5) is 11.4 Å². The average Bonchev–Trinajstić information content (AvgIpc) is 1.61. The Kier molecular flexibility index (Phi) is 36.4. The molecule has 0 saturated carbocycles. The number of benzene rings is 11. The van der Waals surface area contributed by atoms with Gasteiger partial charge in [-0.25, -0.2) is 0 Å². The molecule has 1 atom stereocenters. The maximum absolute atomic E-state index is 9.09. The van der Waals surface area contributed by atoms with E-state index in [1.807, 2.05) is 14.1 Å². The Hall–Kier alpha value is -10.6. The molecule has 0 bridgehead atoms. The summed E-state index contributed by atoms with van der Waals surface area (Å²) in [5.74, 6) is 1.60. The number of piperazine rings is 1. The molecule has 19 rings (SSSR count). The Morgan fingerprint density at radius 2 is 0.769 bits per heavy atom. The summed E-state index contributed by atoms with van der Waals surface area (Å²) < 4.78 is 2.61. The summed E-state index contributed by atoms with van der Waals surface area (Å²) in [4.78, 5) is 14.3. The smallest absolute Gasteiger partial charge is 0.0558 e. The van der Waals surface area contributed by atoms with Crippen molar-refractivity contribution >= 4 is 57.7 Å². The van der Waals surface area contributed by atoms with E-state index in [1.165, 1.54) is 211 Å². The number of β-amino-alcohol motifs (C(OH)–C–C–N with tert-alkyl or cyclic N) is 1. The molecule has 0 radical (unpaired) electrons. The third-order valence-corrected chi connectivity index (χ3v) is 27.3. The zero-order valence-corrected chi connectivity index (χ0v) is 79.8. The van der Waals surface area contributed by atoms with Crippen molar-refractivity contribution in [2.24, 2.45) is 5.92 Å². The van der Waals surface area contributed by atoms with Crippen molar-refractivity contribution in [1.29, 1.82) is 0 Å². The van der Waals surface area contributed by atoms with Crippen molar-refractivity contribution in [1.82, 2.24) is 39.7 Å². The molecule has 1 unspecified atom stereocenters. The maximum Gasteiger partial charge on any atom is 0.0558 e. The predicted octanol–water partition coefficient (Wildman–Crippen LogP) is 24.0. The van der Waals surface area contributed by atoms with Crippen molar-refractivity contribution in [3.05, 3.63) is 390 Å². The molecule has 0 spiro atoms. The van der Waals surface area contributed by atoms with Gasteiger partial charge in [0.15, 0.2) is 0 Å². The molecular weight excluding hydrogens is 1580 g/mol. The summed E-state index contributed by atoms with van der Waals surface area (Å²) >= 11 is 0. The Labute approximate surface area is 781 Å². The van der Waals surface area contributed by atoms with Crippen LogP contribution in [0.3, 0.4) is 0 Å². The summed E-state index contributed by atoms with van der Waals surface area (Å²) in [7, 11) is 16.9. The van der Waals surface area contributed by atoms with Crippen LogP contribution in [-0.2, 0) is 57.9 Å². The molecular formula is C120H147N9O. The second-order valence-corrected chi connectivity index (χ2v) is 37.5. The lowest BCUT2D eigenvalue weighted by molar-refractivity contribution is 0.111. The van der Waals surface area contributed by atoms with Crippen molar-refractivity contribution < 1.29 is 5.11 Å². The predicted molar refractivity (Wildman–Crippen MR) is 558 cm³/mol. The second-order valence-electron chi connectivity index (χ2n) is 37.5. The first-order chi connectivity index (χ1) is 63.8. The van der Waals surface area contributed by atoms with E-state index < -0.39 is 0 Å². The summed E-state index contributed by atoms with van der Waals surface area (Å²) in [6.07, 6.45) is 35.5. The summed E-state index contributed by atoms with van der Waals surface area (Å²) in [5, 5.41) is 17.1. The first-order valence-corrected chi connectivity index (χ1v) is 49.1. The van der Waals surface area contributed by atoms with E-state index in [9.17, 15) is 0 Å². The van der Waals surface area contributed by atoms with Gasteiger partial charge in [-0.15, -0.1) is 0 Å². The molecule has 2 aliphatic heterocycles. The monoisotopic (exact) mass is 1730 g/mol. The van der Waals surface area contributed by atoms with Crippen LogP contribution in [-0.4, -0.2) is 176 Å². The standard InChI is InChI=1S/C24H30N2O.C20H26N2.C20H23N.2C19H21N.C18H26N2/c27-19-18-26-16-14-25(15-17-26)13-5-10-24-22-8-3-1-6-20(22)11-12-21-7-2-4-9-23(21)24;1-16(14-21(2)3)15-22-19-10-6-4-8-17(19)12-13-18-9-5-7-11-20(18)22;1-21(2)15-7-12-20-18-10-5-3-8-16(18)13-14-17-9-4-6-11-19(17)20;2*1-20-14-6-11-19-17-9-4-2-7-15(17)12-13-16-8-3-5-10-18(16)19;1-19(2)13-8-14-20-17-11-5-3-4-9-15(17)16-10-6-7-12-18(16)20/h1-4,6-9,11-12,24,27H,5,10,13-19H2;4-11,16H,12-15H2,1-3H3;3-6,8-12H,7,13-15H2,1-2H3;2-5,7-10,12-13,19-20H,6,11,14H2,1H3;2-5,7-11,20H,6,12-14H2,1H3;6-7,10,12H,3-5,8-9,11,13-14H2,1-2H3. The fraction of sp³-hybridized carbons (Fsp3) is 0.367. The van der Waals surface area contributed by atoms with Crippen molar-refractivity contribution in [3.8, 4) is 0 Å². The molecule has 12 aromatic rings. The lowest BCUT2D eigenvalue weighted by atomic mass is 9.84. The van der Waals surface area contributed by atoms with Gasteiger partial charge in [0, 0.05) is 98.7 Å². The highest BCUT2D eigenvalue weighted by molar-refractivity contribution is 5.87. The molecule has 11 aromatic carbocycles. The van der Waals surface area contributed by atoms with Crippen LogP contribution in [0.5, 0.6) is 0 Å². The van der Waals surface area contributed by atoms with Gasteiger partial charge in [-0.2, -0.15) is 0 Å². The quantitative estimate of drug-likeness (QED) is 0.0405. The Bertz CT molecular complexity index is 5430. The minimum atomic E-state index is 0.272. The Morgan fingerprint density at radius 3 is 1.22 bits per heavy atom. The number of aliphatic hydroxyl groups is 1. The third-order valence-electron chi connectivity index (χ3n) is 27.3. The number of nitrogens with one attached hydrogen (secondary N) is 2. The van der Waals surface area contributed by atoms with E-state index >= 15 is 0 Å². The molecule has 10 nitrogen and oxygen atoms in total. The van der Waals surface area contributed by atoms with Crippen LogP contribution in [0.2, 0.25) is 0 Å². The van der Waals surface area contributed by atoms with Gasteiger partial charge in [-0.1, -0.05) is 299 Å². The zero-order valence-electron chi connectivity index (χ0n) is 79.8. The van der Waals surface area contributed by atoms with E-state index in [1.54, 1.807) is 11.3 Å². The number of rotatable bonds is 24. The molecule has 0 amide bonds. The van der Waals surface area contributed by atoms with Crippen molar-refractivity contribution in [2.45, 2.75) is 141 Å². The van der Waals surface area contributed by atoms with Crippen LogP contribution in [0.25, 0.3) is 46.4 Å². The number of nitrogens with zero attached hydrogens (tertiary/aromatic N) is 7. The molecule has 3 heterocycles. The molecule has 5 aliphatic carbocycles. The van der Waals surface area contributed by atoms with Crippen LogP contribution < -0.4 is 15.5 Å². The van der Waals surface area contributed by atoms with Gasteiger partial charge in [0.05, 0.1) is 6.61 Å². The molecule has 10 heteroatoms. The number of anilines is 2. The highest BCUT2D eigenvalue weighted by atomic mass is 16.3. The number of aryl methyl sites for hydroxylation is 8. The minimum absolute atomic E-state index is 0.272. The van der Waals surface area contributed by atoms with Gasteiger partial charge in [-0.3, -0.25) is 4.90 Å². The van der Waals surface area contributed by atoms with Crippen LogP contribution in [0, 0.1) is 5.92 Å².